The lowest BCUT2D eigenvalue weighted by molar-refractivity contribution is 0.252. The number of rotatable bonds is 12. The van der Waals surface area contributed by atoms with Crippen LogP contribution in [0.2, 0.25) is 5.02 Å². The fourth-order valence-corrected chi connectivity index (χ4v) is 4.50. The number of allylic oxidation sites excluding steroid dienone is 3. The van der Waals surface area contributed by atoms with Gasteiger partial charge in [0, 0.05) is 39.2 Å². The molecule has 0 fully saturated rings. The number of aliphatic imine (C=N–C) groups is 1. The number of aromatic nitrogens is 1. The number of unbranched alkanes of at least 4 members (excludes halogenated alkanes) is 1. The smallest absolute Gasteiger partial charge is 0.288 e. The van der Waals surface area contributed by atoms with Crippen LogP contribution in [0.5, 0.6) is 0 Å². The summed E-state index contributed by atoms with van der Waals surface area (Å²) >= 11 is 6.37. The van der Waals surface area contributed by atoms with Crippen LogP contribution in [0.1, 0.15) is 89.6 Å². The lowest BCUT2D eigenvalue weighted by Gasteiger charge is -2.10. The molecule has 0 saturated carbocycles. The average molecular weight is 562 g/mol. The molecule has 1 aromatic heterocycles. The van der Waals surface area contributed by atoms with Gasteiger partial charge in [-0.3, -0.25) is 9.98 Å². The molecule has 0 aliphatic heterocycles. The van der Waals surface area contributed by atoms with Crippen molar-refractivity contribution < 1.29 is 8.78 Å². The van der Waals surface area contributed by atoms with Crippen LogP contribution in [0.4, 0.5) is 8.78 Å². The highest BCUT2D eigenvalue weighted by Crippen LogP contribution is 2.31. The van der Waals surface area contributed by atoms with Crippen molar-refractivity contribution in [1.29, 1.82) is 5.41 Å². The maximum atomic E-state index is 12.2. The molecule has 0 radical (unpaired) electrons. The molecule has 1 unspecified atom stereocenters. The summed E-state index contributed by atoms with van der Waals surface area (Å²) in [6.07, 6.45) is 13.1. The number of hydrogen-bond donors (Lipinski definition) is 1. The summed E-state index contributed by atoms with van der Waals surface area (Å²) < 4.78 is 24.3. The molecule has 1 atom stereocenters. The number of nitrogens with zero attached hydrogens (tertiary/aromatic N) is 2. The van der Waals surface area contributed by atoms with E-state index >= 15 is 0 Å². The summed E-state index contributed by atoms with van der Waals surface area (Å²) in [6.45, 7) is 14.3. The number of aryl methyl sites for hydroxylation is 2. The summed E-state index contributed by atoms with van der Waals surface area (Å²) in [4.78, 5) is 9.93. The second-order valence-corrected chi connectivity index (χ2v) is 10.7. The first-order valence-corrected chi connectivity index (χ1v) is 14.4. The van der Waals surface area contributed by atoms with Crippen LogP contribution in [-0.2, 0) is 6.42 Å². The van der Waals surface area contributed by atoms with Crippen molar-refractivity contribution in [2.75, 3.05) is 0 Å². The first-order valence-electron chi connectivity index (χ1n) is 13.2. The van der Waals surface area contributed by atoms with E-state index in [2.05, 4.69) is 50.9 Å². The van der Waals surface area contributed by atoms with Crippen LogP contribution >= 0.6 is 23.4 Å². The average Bonchev–Trinajstić information content (AvgIpc) is 2.85. The van der Waals surface area contributed by atoms with Crippen molar-refractivity contribution in [2.24, 2.45) is 4.99 Å². The van der Waals surface area contributed by atoms with Crippen molar-refractivity contribution in [3.05, 3.63) is 75.6 Å². The zero-order valence-corrected chi connectivity index (χ0v) is 25.3. The van der Waals surface area contributed by atoms with E-state index in [1.807, 2.05) is 20.1 Å². The van der Waals surface area contributed by atoms with Crippen LogP contribution in [0, 0.1) is 12.3 Å². The molecular formula is C31H42ClF2N3S. The first kappa shape index (κ1) is 33.7. The van der Waals surface area contributed by atoms with Crippen LogP contribution in [-0.4, -0.2) is 28.7 Å². The number of nitrogens with one attached hydrogen (secondary N) is 1. The van der Waals surface area contributed by atoms with E-state index in [9.17, 15) is 8.78 Å². The lowest BCUT2D eigenvalue weighted by atomic mass is 10.0. The highest BCUT2D eigenvalue weighted by atomic mass is 35.5. The Bertz CT molecular complexity index is 1120. The summed E-state index contributed by atoms with van der Waals surface area (Å²) in [5, 5.41) is 8.40. The first-order chi connectivity index (χ1) is 18.0. The van der Waals surface area contributed by atoms with Gasteiger partial charge >= 0.3 is 0 Å². The number of pyridine rings is 1. The van der Waals surface area contributed by atoms with Gasteiger partial charge in [-0.1, -0.05) is 74.7 Å². The Morgan fingerprint density at radius 3 is 2.37 bits per heavy atom. The third-order valence-corrected chi connectivity index (χ3v) is 6.78. The second kappa shape index (κ2) is 18.1. The number of thioether (sulfide) groups is 1. The van der Waals surface area contributed by atoms with Crippen molar-refractivity contribution in [2.45, 2.75) is 97.3 Å². The number of hydrogen-bond acceptors (Lipinski definition) is 4. The molecule has 0 aliphatic rings. The van der Waals surface area contributed by atoms with E-state index in [1.54, 1.807) is 31.3 Å². The van der Waals surface area contributed by atoms with Crippen LogP contribution < -0.4 is 0 Å². The van der Waals surface area contributed by atoms with Crippen LogP contribution in [0.15, 0.2) is 58.1 Å². The van der Waals surface area contributed by atoms with E-state index < -0.39 is 5.76 Å². The predicted molar refractivity (Wildman–Crippen MR) is 164 cm³/mol. The Balaban J connectivity index is 0.000000437. The number of alkyl halides is 2. The molecule has 0 spiro atoms. The highest BCUT2D eigenvalue weighted by molar-refractivity contribution is 7.99. The van der Waals surface area contributed by atoms with Crippen molar-refractivity contribution in [3.63, 3.8) is 0 Å². The molecule has 2 rings (SSSR count). The zero-order valence-electron chi connectivity index (χ0n) is 23.7. The fraction of sp³-hybridized carbons (Fsp3) is 0.452. The van der Waals surface area contributed by atoms with Gasteiger partial charge in [-0.05, 0) is 82.3 Å². The molecule has 208 valence electrons. The Morgan fingerprint density at radius 1 is 1.13 bits per heavy atom. The molecule has 1 aromatic carbocycles. The molecule has 0 amide bonds. The minimum atomic E-state index is -2.37. The standard InChI is InChI=1S/C21H31N3.C10H11ClF2S/c1-7-9-10-11-18(8-2)23-13-19(15(3)4)21-12-16(5)20(14-24-21)17(6)22;1-2-3-7-6-8(11)4-5-9(7)14-10(12)13/h10-14,18,22H,7-9H2,1-6H3;4-6,10H,2-3H2,1H3/b11-10-,22-17?,23-13?;. The van der Waals surface area contributed by atoms with E-state index in [0.717, 1.165) is 60.1 Å². The molecule has 0 bridgehead atoms. The third-order valence-electron chi connectivity index (χ3n) is 5.71. The van der Waals surface area contributed by atoms with Crippen LogP contribution in [0.3, 0.4) is 0 Å². The SMILES string of the molecule is CCC/C=C\C(CC)N=CC(=C(C)C)c1cc(C)c(C(C)=N)cn1.CCCc1cc(Cl)ccc1SC(F)F. The highest BCUT2D eigenvalue weighted by Gasteiger charge is 2.10. The second-order valence-electron chi connectivity index (χ2n) is 9.27. The normalized spacial score (nSPS) is 12.1. The Hall–Kier alpha value is -2.31. The topological polar surface area (TPSA) is 49.1 Å². The van der Waals surface area contributed by atoms with E-state index in [4.69, 9.17) is 22.0 Å². The molecule has 1 heterocycles. The zero-order chi connectivity index (χ0) is 28.7. The Kier molecular flexibility index (Phi) is 16.0. The molecule has 1 N–H and O–H groups in total. The Morgan fingerprint density at radius 2 is 1.84 bits per heavy atom. The maximum Gasteiger partial charge on any atom is 0.288 e. The molecule has 0 aliphatic carbocycles. The van der Waals surface area contributed by atoms with Crippen molar-refractivity contribution in [1.82, 2.24) is 4.98 Å². The van der Waals surface area contributed by atoms with Gasteiger partial charge in [0.25, 0.3) is 5.76 Å². The van der Waals surface area contributed by atoms with Crippen LogP contribution in [0.25, 0.3) is 5.57 Å². The maximum absolute atomic E-state index is 12.2. The molecule has 0 saturated heterocycles. The quantitative estimate of drug-likeness (QED) is 0.159. The van der Waals surface area contributed by atoms with Crippen molar-refractivity contribution in [3.8, 4) is 0 Å². The molecule has 2 aromatic rings. The van der Waals surface area contributed by atoms with Gasteiger partial charge in [0.05, 0.1) is 11.7 Å². The molecule has 38 heavy (non-hydrogen) atoms. The monoisotopic (exact) mass is 561 g/mol. The van der Waals surface area contributed by atoms with E-state index in [0.29, 0.717) is 27.4 Å². The van der Waals surface area contributed by atoms with E-state index in [1.165, 1.54) is 5.57 Å². The minimum absolute atomic E-state index is 0.218. The van der Waals surface area contributed by atoms with Gasteiger partial charge in [-0.2, -0.15) is 8.78 Å². The number of halogens is 3. The summed E-state index contributed by atoms with van der Waals surface area (Å²) in [7, 11) is 0. The lowest BCUT2D eigenvalue weighted by Crippen LogP contribution is -2.03. The van der Waals surface area contributed by atoms with Gasteiger partial charge in [0.2, 0.25) is 0 Å². The predicted octanol–water partition coefficient (Wildman–Crippen LogP) is 10.4. The summed E-state index contributed by atoms with van der Waals surface area (Å²) in [5.74, 6) is -2.37. The molecular weight excluding hydrogens is 520 g/mol. The van der Waals surface area contributed by atoms with Gasteiger partial charge in [-0.25, -0.2) is 0 Å². The summed E-state index contributed by atoms with van der Waals surface area (Å²) in [5.41, 5.74) is 6.62. The van der Waals surface area contributed by atoms with E-state index in [-0.39, 0.29) is 6.04 Å². The largest absolute Gasteiger partial charge is 0.305 e. The van der Waals surface area contributed by atoms with Crippen molar-refractivity contribution >= 4 is 40.9 Å². The minimum Gasteiger partial charge on any atom is -0.305 e. The van der Waals surface area contributed by atoms with Gasteiger partial charge in [0.15, 0.2) is 0 Å². The fourth-order valence-electron chi connectivity index (χ4n) is 3.65. The molecule has 3 nitrogen and oxygen atoms in total. The van der Waals surface area contributed by atoms with Gasteiger partial charge in [-0.15, -0.1) is 0 Å². The van der Waals surface area contributed by atoms with Gasteiger partial charge in [0.1, 0.15) is 0 Å². The number of benzene rings is 1. The summed E-state index contributed by atoms with van der Waals surface area (Å²) in [6, 6.07) is 7.33. The molecule has 7 heteroatoms. The van der Waals surface area contributed by atoms with Gasteiger partial charge < -0.3 is 5.41 Å². The third kappa shape index (κ3) is 12.0. The Labute approximate surface area is 237 Å².